The summed E-state index contributed by atoms with van der Waals surface area (Å²) in [5.74, 6) is -5.51. The van der Waals surface area contributed by atoms with E-state index in [2.05, 4.69) is 21.2 Å². The molecule has 0 spiro atoms. The van der Waals surface area contributed by atoms with Crippen molar-refractivity contribution in [1.82, 2.24) is 5.32 Å². The fraction of sp³-hybridized carbons (Fsp3) is 0.333. The molecule has 0 fully saturated rings. The first-order valence-corrected chi connectivity index (χ1v) is 4.95. The quantitative estimate of drug-likeness (QED) is 0.512. The first-order chi connectivity index (χ1) is 7.00. The Kier molecular flexibility index (Phi) is 4.10. The number of nitrogens with one attached hydrogen (secondary N) is 1. The molecule has 0 bridgehead atoms. The zero-order valence-electron chi connectivity index (χ0n) is 7.80. The molecule has 1 aromatic rings. The summed E-state index contributed by atoms with van der Waals surface area (Å²) >= 11 is 2.44. The molecule has 0 saturated heterocycles. The van der Waals surface area contributed by atoms with E-state index in [1.54, 1.807) is 7.05 Å². The molecule has 0 saturated carbocycles. The highest BCUT2D eigenvalue weighted by molar-refractivity contribution is 9.10. The summed E-state index contributed by atoms with van der Waals surface area (Å²) in [6.07, 6.45) is -0.116. The highest BCUT2D eigenvalue weighted by atomic mass is 79.9. The Morgan fingerprint density at radius 2 is 1.47 bits per heavy atom. The second-order valence-corrected chi connectivity index (χ2v) is 3.70. The molecule has 0 atom stereocenters. The molecule has 1 rings (SSSR count). The topological polar surface area (TPSA) is 12.0 Å². The summed E-state index contributed by atoms with van der Waals surface area (Å²) in [7, 11) is 1.57. The van der Waals surface area contributed by atoms with E-state index in [4.69, 9.17) is 0 Å². The van der Waals surface area contributed by atoms with Gasteiger partial charge in [0.15, 0.2) is 23.3 Å². The van der Waals surface area contributed by atoms with Gasteiger partial charge in [-0.1, -0.05) is 0 Å². The number of hydrogen-bond acceptors (Lipinski definition) is 1. The minimum atomic E-state index is -1.40. The number of likely N-dealkylation sites (N-methyl/N-ethyl adjacent to an activating group) is 1. The number of rotatable bonds is 3. The van der Waals surface area contributed by atoms with Crippen LogP contribution in [-0.4, -0.2) is 13.6 Å². The van der Waals surface area contributed by atoms with Crippen LogP contribution in [0.5, 0.6) is 0 Å². The van der Waals surface area contributed by atoms with Gasteiger partial charge in [-0.05, 0) is 35.9 Å². The Bertz CT molecular complexity index is 352. The fourth-order valence-corrected chi connectivity index (χ4v) is 1.47. The van der Waals surface area contributed by atoms with Gasteiger partial charge in [0, 0.05) is 5.56 Å². The van der Waals surface area contributed by atoms with Gasteiger partial charge < -0.3 is 5.32 Å². The van der Waals surface area contributed by atoms with Crippen molar-refractivity contribution in [3.8, 4) is 0 Å². The lowest BCUT2D eigenvalue weighted by Gasteiger charge is -2.08. The maximum atomic E-state index is 13.2. The van der Waals surface area contributed by atoms with E-state index >= 15 is 0 Å². The van der Waals surface area contributed by atoms with Crippen LogP contribution in [0, 0.1) is 23.3 Å². The summed E-state index contributed by atoms with van der Waals surface area (Å²) in [5.41, 5.74) is -0.581. The van der Waals surface area contributed by atoms with Gasteiger partial charge in [-0.25, -0.2) is 17.6 Å². The lowest BCUT2D eigenvalue weighted by molar-refractivity contribution is 0.431. The summed E-state index contributed by atoms with van der Waals surface area (Å²) in [5, 5.41) is 2.63. The summed E-state index contributed by atoms with van der Waals surface area (Å²) < 4.78 is 51.6. The van der Waals surface area contributed by atoms with Crippen molar-refractivity contribution < 1.29 is 17.6 Å². The van der Waals surface area contributed by atoms with Crippen LogP contribution >= 0.6 is 15.9 Å². The zero-order valence-corrected chi connectivity index (χ0v) is 9.39. The maximum absolute atomic E-state index is 13.2. The van der Waals surface area contributed by atoms with Gasteiger partial charge in [-0.3, -0.25) is 0 Å². The summed E-state index contributed by atoms with van der Waals surface area (Å²) in [6.45, 7) is 0.231. The van der Waals surface area contributed by atoms with Crippen molar-refractivity contribution in [2.75, 3.05) is 13.6 Å². The maximum Gasteiger partial charge on any atom is 0.176 e. The van der Waals surface area contributed by atoms with Crippen LogP contribution in [0.15, 0.2) is 4.47 Å². The van der Waals surface area contributed by atoms with E-state index in [0.29, 0.717) is 0 Å². The minimum Gasteiger partial charge on any atom is -0.319 e. The molecule has 0 aliphatic heterocycles. The van der Waals surface area contributed by atoms with Crippen LogP contribution in [0.2, 0.25) is 0 Å². The lowest BCUT2D eigenvalue weighted by atomic mass is 10.1. The van der Waals surface area contributed by atoms with Crippen LogP contribution < -0.4 is 5.32 Å². The summed E-state index contributed by atoms with van der Waals surface area (Å²) in [4.78, 5) is 0. The number of hydrogen-bond donors (Lipinski definition) is 1. The molecule has 1 nitrogen and oxygen atoms in total. The second kappa shape index (κ2) is 4.94. The molecular formula is C9H8BrF4N. The molecule has 0 heterocycles. The van der Waals surface area contributed by atoms with Crippen molar-refractivity contribution in [2.45, 2.75) is 6.42 Å². The van der Waals surface area contributed by atoms with Gasteiger partial charge in [0.05, 0.1) is 4.47 Å². The summed E-state index contributed by atoms with van der Waals surface area (Å²) in [6, 6.07) is 0. The molecule has 15 heavy (non-hydrogen) atoms. The smallest absolute Gasteiger partial charge is 0.176 e. The average molecular weight is 286 g/mol. The molecule has 0 radical (unpaired) electrons. The van der Waals surface area contributed by atoms with Gasteiger partial charge in [0.1, 0.15) is 0 Å². The molecule has 0 aromatic heterocycles. The predicted octanol–water partition coefficient (Wildman–Crippen LogP) is 2.77. The Hall–Kier alpha value is -0.620. The molecule has 6 heteroatoms. The molecular weight excluding hydrogens is 278 g/mol. The Balaban J connectivity index is 3.26. The predicted molar refractivity (Wildman–Crippen MR) is 51.6 cm³/mol. The third-order valence-electron chi connectivity index (χ3n) is 1.93. The monoisotopic (exact) mass is 285 g/mol. The molecule has 0 amide bonds. The lowest BCUT2D eigenvalue weighted by Crippen LogP contribution is -2.14. The minimum absolute atomic E-state index is 0.116. The van der Waals surface area contributed by atoms with Gasteiger partial charge in [-0.2, -0.15) is 0 Å². The van der Waals surface area contributed by atoms with E-state index in [-0.39, 0.29) is 13.0 Å². The van der Waals surface area contributed by atoms with Crippen molar-refractivity contribution in [3.63, 3.8) is 0 Å². The highest BCUT2D eigenvalue weighted by Crippen LogP contribution is 2.28. The highest BCUT2D eigenvalue weighted by Gasteiger charge is 2.23. The van der Waals surface area contributed by atoms with Crippen LogP contribution in [-0.2, 0) is 6.42 Å². The van der Waals surface area contributed by atoms with Crippen molar-refractivity contribution in [2.24, 2.45) is 0 Å². The van der Waals surface area contributed by atoms with Crippen LogP contribution in [0.4, 0.5) is 17.6 Å². The van der Waals surface area contributed by atoms with Gasteiger partial charge >= 0.3 is 0 Å². The van der Waals surface area contributed by atoms with Gasteiger partial charge in [0.2, 0.25) is 0 Å². The van der Waals surface area contributed by atoms with E-state index in [0.717, 1.165) is 0 Å². The number of halogens is 5. The van der Waals surface area contributed by atoms with Gasteiger partial charge in [-0.15, -0.1) is 0 Å². The van der Waals surface area contributed by atoms with Crippen molar-refractivity contribution >= 4 is 15.9 Å². The van der Waals surface area contributed by atoms with Crippen LogP contribution in [0.3, 0.4) is 0 Å². The average Bonchev–Trinajstić information content (AvgIpc) is 2.24. The Labute approximate surface area is 92.6 Å². The molecule has 0 unspecified atom stereocenters. The van der Waals surface area contributed by atoms with Crippen molar-refractivity contribution in [3.05, 3.63) is 33.3 Å². The van der Waals surface area contributed by atoms with Crippen molar-refractivity contribution in [1.29, 1.82) is 0 Å². The largest absolute Gasteiger partial charge is 0.319 e. The Morgan fingerprint density at radius 3 is 1.87 bits per heavy atom. The second-order valence-electron chi connectivity index (χ2n) is 2.90. The molecule has 1 N–H and O–H groups in total. The van der Waals surface area contributed by atoms with Crippen LogP contribution in [0.1, 0.15) is 5.56 Å². The first-order valence-electron chi connectivity index (χ1n) is 4.15. The molecule has 0 aliphatic carbocycles. The Morgan fingerprint density at radius 1 is 1.00 bits per heavy atom. The molecule has 84 valence electrons. The number of benzene rings is 1. The van der Waals surface area contributed by atoms with E-state index in [1.165, 1.54) is 0 Å². The van der Waals surface area contributed by atoms with E-state index in [9.17, 15) is 17.6 Å². The first kappa shape index (κ1) is 12.4. The van der Waals surface area contributed by atoms with E-state index < -0.39 is 33.3 Å². The van der Waals surface area contributed by atoms with Crippen LogP contribution in [0.25, 0.3) is 0 Å². The molecule has 0 aliphatic rings. The fourth-order valence-electron chi connectivity index (χ4n) is 1.12. The third kappa shape index (κ3) is 2.31. The van der Waals surface area contributed by atoms with E-state index in [1.807, 2.05) is 0 Å². The molecule has 1 aromatic carbocycles. The third-order valence-corrected chi connectivity index (χ3v) is 2.62. The normalized spacial score (nSPS) is 10.8. The standard InChI is InChI=1S/C9H8BrF4N/c1-15-3-2-4-6(11)8(13)5(10)9(14)7(4)12/h15H,2-3H2,1H3. The zero-order chi connectivity index (χ0) is 11.6. The van der Waals surface area contributed by atoms with Gasteiger partial charge in [0.25, 0.3) is 0 Å². The SMILES string of the molecule is CNCCc1c(F)c(F)c(Br)c(F)c1F.